The van der Waals surface area contributed by atoms with Crippen LogP contribution in [0.5, 0.6) is 0 Å². The van der Waals surface area contributed by atoms with Crippen LogP contribution in [0.1, 0.15) is 30.7 Å². The van der Waals surface area contributed by atoms with Gasteiger partial charge < -0.3 is 10.3 Å². The lowest BCUT2D eigenvalue weighted by Gasteiger charge is -2.24. The maximum atomic E-state index is 14.4. The first kappa shape index (κ1) is 23.6. The zero-order valence-electron chi connectivity index (χ0n) is 19.3. The maximum Gasteiger partial charge on any atom is 0.264 e. The first-order valence-corrected chi connectivity index (χ1v) is 11.3. The Kier molecular flexibility index (Phi) is 6.74. The number of benzene rings is 1. The predicted octanol–water partition coefficient (Wildman–Crippen LogP) is 3.19. The van der Waals surface area contributed by atoms with E-state index >= 15 is 0 Å². The quantitative estimate of drug-likeness (QED) is 0.474. The van der Waals surface area contributed by atoms with E-state index in [1.807, 2.05) is 10.6 Å². The predicted molar refractivity (Wildman–Crippen MR) is 127 cm³/mol. The van der Waals surface area contributed by atoms with Crippen molar-refractivity contribution in [1.29, 1.82) is 0 Å². The molecule has 1 aromatic carbocycles. The van der Waals surface area contributed by atoms with Crippen LogP contribution in [0, 0.1) is 5.95 Å². The van der Waals surface area contributed by atoms with Crippen LogP contribution in [0.4, 0.5) is 8.78 Å². The molecule has 1 aliphatic rings. The normalized spacial score (nSPS) is 17.8. The topological polar surface area (TPSA) is 88.5 Å². The van der Waals surface area contributed by atoms with Crippen molar-refractivity contribution in [3.63, 3.8) is 0 Å². The highest BCUT2D eigenvalue weighted by molar-refractivity contribution is 6.09. The van der Waals surface area contributed by atoms with Crippen LogP contribution >= 0.6 is 0 Å². The largest absolute Gasteiger partial charge is 0.370 e. The van der Waals surface area contributed by atoms with Gasteiger partial charge in [0, 0.05) is 35.8 Å². The van der Waals surface area contributed by atoms with Crippen LogP contribution < -0.4 is 11.1 Å². The molecule has 0 bridgehead atoms. The number of amides is 1. The number of hydrogen-bond donors (Lipinski definition) is 2. The number of aromatic nitrogens is 2. The number of hydrogen-bond acceptors (Lipinski definition) is 5. The first-order chi connectivity index (χ1) is 16.4. The molecule has 0 fully saturated rings. The van der Waals surface area contributed by atoms with Crippen molar-refractivity contribution < 1.29 is 13.6 Å². The number of nitrogens with two attached hydrogens (primary N) is 1. The molecule has 0 saturated heterocycles. The van der Waals surface area contributed by atoms with Gasteiger partial charge in [0.2, 0.25) is 5.95 Å². The van der Waals surface area contributed by atoms with Crippen molar-refractivity contribution in [2.24, 2.45) is 10.7 Å². The summed E-state index contributed by atoms with van der Waals surface area (Å²) in [5, 5.41) is 2.61. The number of aliphatic imine (C=N–C) groups is 1. The van der Waals surface area contributed by atoms with Crippen molar-refractivity contribution in [3.05, 3.63) is 77.6 Å². The molecule has 178 valence electrons. The summed E-state index contributed by atoms with van der Waals surface area (Å²) in [6.07, 6.45) is 3.14. The van der Waals surface area contributed by atoms with Gasteiger partial charge in [-0.15, -0.1) is 0 Å². The Balaban J connectivity index is 1.87. The van der Waals surface area contributed by atoms with Crippen LogP contribution in [0.3, 0.4) is 0 Å². The molecule has 0 spiro atoms. The fraction of sp³-hybridized carbons (Fsp3) is 0.320. The summed E-state index contributed by atoms with van der Waals surface area (Å²) in [6.45, 7) is 6.02. The lowest BCUT2D eigenvalue weighted by molar-refractivity contribution is -0.122. The summed E-state index contributed by atoms with van der Waals surface area (Å²) in [5.74, 6) is -1.03. The van der Waals surface area contributed by atoms with Gasteiger partial charge in [-0.25, -0.2) is 14.4 Å². The molecule has 3 aromatic rings. The molecule has 4 rings (SSSR count). The lowest BCUT2D eigenvalue weighted by atomic mass is 9.83. The van der Waals surface area contributed by atoms with E-state index in [2.05, 4.69) is 34.0 Å². The van der Waals surface area contributed by atoms with Crippen molar-refractivity contribution in [1.82, 2.24) is 19.8 Å². The Morgan fingerprint density at radius 1 is 1.15 bits per heavy atom. The number of guanidine groups is 1. The van der Waals surface area contributed by atoms with E-state index in [-0.39, 0.29) is 12.5 Å². The summed E-state index contributed by atoms with van der Waals surface area (Å²) >= 11 is 0. The number of pyridine rings is 1. The van der Waals surface area contributed by atoms with Gasteiger partial charge in [0.15, 0.2) is 11.5 Å². The number of carbonyl (C=O) groups excluding carboxylic acids is 1. The Labute approximate surface area is 197 Å². The molecule has 3 N–H and O–H groups in total. The second kappa shape index (κ2) is 9.72. The fourth-order valence-electron chi connectivity index (χ4n) is 4.40. The second-order valence-corrected chi connectivity index (χ2v) is 8.15. The summed E-state index contributed by atoms with van der Waals surface area (Å²) < 4.78 is 29.6. The van der Waals surface area contributed by atoms with Gasteiger partial charge in [-0.05, 0) is 48.5 Å². The molecule has 1 unspecified atom stereocenters. The van der Waals surface area contributed by atoms with Crippen LogP contribution in [-0.4, -0.2) is 46.1 Å². The molecular weight excluding hydrogens is 438 g/mol. The van der Waals surface area contributed by atoms with Gasteiger partial charge in [0.1, 0.15) is 6.67 Å². The fourth-order valence-corrected chi connectivity index (χ4v) is 4.40. The minimum Gasteiger partial charge on any atom is -0.370 e. The van der Waals surface area contributed by atoms with Gasteiger partial charge >= 0.3 is 0 Å². The van der Waals surface area contributed by atoms with Gasteiger partial charge in [0.25, 0.3) is 5.91 Å². The molecule has 34 heavy (non-hydrogen) atoms. The van der Waals surface area contributed by atoms with Crippen molar-refractivity contribution in [2.75, 3.05) is 19.8 Å². The van der Waals surface area contributed by atoms with E-state index in [9.17, 15) is 13.6 Å². The third-order valence-electron chi connectivity index (χ3n) is 6.22. The molecule has 1 amide bonds. The molecule has 0 saturated carbocycles. The van der Waals surface area contributed by atoms with E-state index in [0.717, 1.165) is 18.8 Å². The van der Waals surface area contributed by atoms with Gasteiger partial charge in [-0.3, -0.25) is 15.0 Å². The highest BCUT2D eigenvalue weighted by Gasteiger charge is 2.47. The second-order valence-electron chi connectivity index (χ2n) is 8.15. The summed E-state index contributed by atoms with van der Waals surface area (Å²) in [7, 11) is 0. The van der Waals surface area contributed by atoms with E-state index in [4.69, 9.17) is 5.73 Å². The minimum atomic E-state index is -1.47. The molecule has 0 aliphatic carbocycles. The average Bonchev–Trinajstić information content (AvgIpc) is 3.38. The van der Waals surface area contributed by atoms with Crippen molar-refractivity contribution >= 4 is 11.9 Å². The van der Waals surface area contributed by atoms with E-state index in [1.54, 1.807) is 42.6 Å². The molecule has 2 aromatic heterocycles. The van der Waals surface area contributed by atoms with E-state index in [1.165, 1.54) is 6.20 Å². The number of rotatable bonds is 9. The number of aryl methyl sites for hydroxylation is 1. The molecule has 7 nitrogen and oxygen atoms in total. The Bertz CT molecular complexity index is 1220. The van der Waals surface area contributed by atoms with Gasteiger partial charge in [-0.1, -0.05) is 32.0 Å². The molecule has 3 heterocycles. The standard InChI is InChI=1S/C25H28F2N6O/c1-3-32(4-2)16-20-14-19(15-33(20)12-10-26)25(23(34)30-24(28)31-25)18-8-5-7-17(13-18)21-9-6-11-29-22(21)27/h5-9,11,13-15H,3-4,10,12,16H2,1-2H3,(H3,28,30,31,34). The number of carbonyl (C=O) groups is 1. The number of alkyl halides is 1. The minimum absolute atomic E-state index is 0.00787. The van der Waals surface area contributed by atoms with Gasteiger partial charge in [0.05, 0.1) is 6.54 Å². The smallest absolute Gasteiger partial charge is 0.264 e. The Morgan fingerprint density at radius 3 is 2.59 bits per heavy atom. The monoisotopic (exact) mass is 466 g/mol. The van der Waals surface area contributed by atoms with Crippen molar-refractivity contribution in [3.8, 4) is 11.1 Å². The number of nitrogens with one attached hydrogen (secondary N) is 1. The average molecular weight is 467 g/mol. The summed E-state index contributed by atoms with van der Waals surface area (Å²) in [6, 6.07) is 12.1. The number of nitrogens with zero attached hydrogens (tertiary/aromatic N) is 4. The van der Waals surface area contributed by atoms with E-state index in [0.29, 0.717) is 28.8 Å². The summed E-state index contributed by atoms with van der Waals surface area (Å²) in [4.78, 5) is 23.8. The van der Waals surface area contributed by atoms with Crippen LogP contribution in [-0.2, 0) is 23.4 Å². The Hall–Kier alpha value is -3.59. The van der Waals surface area contributed by atoms with E-state index < -0.39 is 24.1 Å². The Morgan fingerprint density at radius 2 is 1.94 bits per heavy atom. The zero-order valence-corrected chi connectivity index (χ0v) is 19.3. The summed E-state index contributed by atoms with van der Waals surface area (Å²) in [5.41, 5.74) is 7.32. The molecular formula is C25H28F2N6O. The lowest BCUT2D eigenvalue weighted by Crippen LogP contribution is -2.39. The third kappa shape index (κ3) is 4.19. The van der Waals surface area contributed by atoms with Gasteiger partial charge in [-0.2, -0.15) is 4.39 Å². The third-order valence-corrected chi connectivity index (χ3v) is 6.22. The zero-order chi connectivity index (χ0) is 24.3. The molecule has 1 atom stereocenters. The molecule has 1 aliphatic heterocycles. The van der Waals surface area contributed by atoms with Crippen LogP contribution in [0.25, 0.3) is 11.1 Å². The highest BCUT2D eigenvalue weighted by atomic mass is 19.1. The number of halogens is 2. The molecule has 9 heteroatoms. The van der Waals surface area contributed by atoms with Crippen LogP contribution in [0.15, 0.2) is 59.9 Å². The highest BCUT2D eigenvalue weighted by Crippen LogP contribution is 2.39. The maximum absolute atomic E-state index is 14.4. The molecule has 0 radical (unpaired) electrons. The van der Waals surface area contributed by atoms with Crippen molar-refractivity contribution in [2.45, 2.75) is 32.5 Å². The van der Waals surface area contributed by atoms with Crippen LogP contribution in [0.2, 0.25) is 0 Å². The SMILES string of the molecule is CCN(CC)Cc1cc(C2(c3cccc(-c4cccnc4F)c3)N=C(N)NC2=O)cn1CCF. The first-order valence-electron chi connectivity index (χ1n) is 11.3.